The van der Waals surface area contributed by atoms with Crippen molar-refractivity contribution in [2.24, 2.45) is 5.92 Å². The zero-order valence-corrected chi connectivity index (χ0v) is 28.1. The van der Waals surface area contributed by atoms with Gasteiger partial charge in [-0.3, -0.25) is 9.59 Å². The Morgan fingerprint density at radius 3 is 2.52 bits per heavy atom. The van der Waals surface area contributed by atoms with Gasteiger partial charge in [-0.15, -0.1) is 0 Å². The number of ether oxygens (including phenoxy) is 3. The summed E-state index contributed by atoms with van der Waals surface area (Å²) in [6, 6.07) is 22.1. The Bertz CT molecular complexity index is 1690. The van der Waals surface area contributed by atoms with Crippen molar-refractivity contribution in [3.05, 3.63) is 95.3 Å². The van der Waals surface area contributed by atoms with E-state index in [0.29, 0.717) is 43.1 Å². The highest BCUT2D eigenvalue weighted by Crippen LogP contribution is 2.36. The number of carbonyl (C=O) groups is 2. The summed E-state index contributed by atoms with van der Waals surface area (Å²) in [7, 11) is 3.23. The zero-order chi connectivity index (χ0) is 33.5. The van der Waals surface area contributed by atoms with Gasteiger partial charge in [-0.25, -0.2) is 9.67 Å². The molecule has 0 saturated carbocycles. The van der Waals surface area contributed by atoms with Crippen molar-refractivity contribution in [1.29, 1.82) is 0 Å². The second-order valence-electron chi connectivity index (χ2n) is 12.8. The molecule has 2 fully saturated rings. The molecule has 10 nitrogen and oxygen atoms in total. The number of methoxy groups -OCH3 is 2. The van der Waals surface area contributed by atoms with Crippen molar-refractivity contribution in [2.75, 3.05) is 53.7 Å². The van der Waals surface area contributed by atoms with Crippen LogP contribution in [0.15, 0.2) is 72.9 Å². The van der Waals surface area contributed by atoms with E-state index >= 15 is 0 Å². The molecule has 6 rings (SSSR count). The standard InChI is InChI=1S/C38H45N5O5/c1-26-35(21-32(44)19-29-23-42(16-18-46-2)24-34(29)27-11-6-4-7-12-27)43(31-14-8-5-9-15-31)41-36(26)28-20-33(38(47-3)39-22-28)37(45)40-30-13-10-17-48-25-30/h4-9,11-12,14-15,20,22,29-30,34H,10,13,16-19,21,23-25H2,1-3H3,(H,40,45)/t29-,30-,34+/m1/s1. The Labute approximate surface area is 282 Å². The van der Waals surface area contributed by atoms with Gasteiger partial charge in [-0.1, -0.05) is 48.5 Å². The van der Waals surface area contributed by atoms with Crippen LogP contribution < -0.4 is 10.1 Å². The molecule has 4 heterocycles. The first-order valence-corrected chi connectivity index (χ1v) is 16.8. The lowest BCUT2D eigenvalue weighted by molar-refractivity contribution is -0.119. The van der Waals surface area contributed by atoms with Crippen LogP contribution in [0.2, 0.25) is 0 Å². The van der Waals surface area contributed by atoms with Crippen LogP contribution in [0.3, 0.4) is 0 Å². The van der Waals surface area contributed by atoms with Crippen molar-refractivity contribution in [1.82, 2.24) is 25.0 Å². The number of benzene rings is 2. The van der Waals surface area contributed by atoms with Gasteiger partial charge in [-0.05, 0) is 55.0 Å². The van der Waals surface area contributed by atoms with Gasteiger partial charge in [0.25, 0.3) is 5.91 Å². The summed E-state index contributed by atoms with van der Waals surface area (Å²) < 4.78 is 18.3. The van der Waals surface area contributed by atoms with Crippen LogP contribution in [-0.4, -0.2) is 91.1 Å². The van der Waals surface area contributed by atoms with E-state index in [1.165, 1.54) is 12.7 Å². The zero-order valence-electron chi connectivity index (χ0n) is 28.1. The summed E-state index contributed by atoms with van der Waals surface area (Å²) in [5.41, 5.74) is 5.51. The first kappa shape index (κ1) is 33.5. The summed E-state index contributed by atoms with van der Waals surface area (Å²) in [6.45, 7) is 6.45. The maximum Gasteiger partial charge on any atom is 0.257 e. The third kappa shape index (κ3) is 7.67. The average Bonchev–Trinajstić information content (AvgIpc) is 3.68. The Kier molecular flexibility index (Phi) is 10.9. The lowest BCUT2D eigenvalue weighted by Crippen LogP contribution is -2.40. The van der Waals surface area contributed by atoms with Crippen molar-refractivity contribution < 1.29 is 23.8 Å². The number of carbonyl (C=O) groups excluding carboxylic acids is 2. The monoisotopic (exact) mass is 651 g/mol. The molecule has 2 saturated heterocycles. The van der Waals surface area contributed by atoms with Crippen LogP contribution in [0, 0.1) is 12.8 Å². The first-order valence-electron chi connectivity index (χ1n) is 16.8. The summed E-state index contributed by atoms with van der Waals surface area (Å²) in [6.07, 6.45) is 4.14. The van der Waals surface area contributed by atoms with E-state index in [4.69, 9.17) is 19.3 Å². The van der Waals surface area contributed by atoms with Gasteiger partial charge in [-0.2, -0.15) is 5.10 Å². The Hall–Kier alpha value is -4.38. The van der Waals surface area contributed by atoms with E-state index in [9.17, 15) is 9.59 Å². The molecule has 0 bridgehead atoms. The van der Waals surface area contributed by atoms with Gasteiger partial charge >= 0.3 is 0 Å². The molecular weight excluding hydrogens is 606 g/mol. The van der Waals surface area contributed by atoms with E-state index in [0.717, 1.165) is 49.4 Å². The van der Waals surface area contributed by atoms with Crippen molar-refractivity contribution in [3.8, 4) is 22.8 Å². The molecule has 4 aromatic rings. The number of hydrogen-bond donors (Lipinski definition) is 1. The molecule has 10 heteroatoms. The third-order valence-electron chi connectivity index (χ3n) is 9.51. The average molecular weight is 652 g/mol. The summed E-state index contributed by atoms with van der Waals surface area (Å²) in [5, 5.41) is 8.10. The minimum Gasteiger partial charge on any atom is -0.480 e. The van der Waals surface area contributed by atoms with Crippen LogP contribution in [0.1, 0.15) is 52.4 Å². The second-order valence-corrected chi connectivity index (χ2v) is 12.8. The molecule has 2 aromatic carbocycles. The highest BCUT2D eigenvalue weighted by Gasteiger charge is 2.35. The number of aromatic nitrogens is 3. The van der Waals surface area contributed by atoms with E-state index < -0.39 is 0 Å². The molecule has 252 valence electrons. The van der Waals surface area contributed by atoms with Gasteiger partial charge in [0.1, 0.15) is 11.3 Å². The van der Waals surface area contributed by atoms with Crippen LogP contribution in [-0.2, 0) is 20.7 Å². The largest absolute Gasteiger partial charge is 0.480 e. The number of likely N-dealkylation sites (tertiary alicyclic amines) is 1. The van der Waals surface area contributed by atoms with Crippen LogP contribution in [0.4, 0.5) is 0 Å². The van der Waals surface area contributed by atoms with Crippen molar-refractivity contribution in [2.45, 2.75) is 44.6 Å². The number of amides is 1. The predicted octanol–water partition coefficient (Wildman–Crippen LogP) is 5.02. The summed E-state index contributed by atoms with van der Waals surface area (Å²) in [5.74, 6) is 0.622. The molecule has 48 heavy (non-hydrogen) atoms. The minimum atomic E-state index is -0.267. The fourth-order valence-electron chi connectivity index (χ4n) is 7.02. The number of nitrogens with zero attached hydrogens (tertiary/aromatic N) is 4. The Morgan fingerprint density at radius 1 is 1.04 bits per heavy atom. The third-order valence-corrected chi connectivity index (χ3v) is 9.51. The highest BCUT2D eigenvalue weighted by atomic mass is 16.5. The van der Waals surface area contributed by atoms with E-state index in [1.807, 2.05) is 48.0 Å². The maximum absolute atomic E-state index is 14.0. The molecule has 0 unspecified atom stereocenters. The lowest BCUT2D eigenvalue weighted by Gasteiger charge is -2.23. The minimum absolute atomic E-state index is 0.0651. The highest BCUT2D eigenvalue weighted by molar-refractivity contribution is 5.97. The predicted molar refractivity (Wildman–Crippen MR) is 184 cm³/mol. The number of para-hydroxylation sites is 1. The molecule has 2 aromatic heterocycles. The molecule has 3 atom stereocenters. The molecule has 1 N–H and O–H groups in total. The number of ketones is 1. The van der Waals surface area contributed by atoms with E-state index in [-0.39, 0.29) is 41.9 Å². The summed E-state index contributed by atoms with van der Waals surface area (Å²) in [4.78, 5) is 34.3. The van der Waals surface area contributed by atoms with Gasteiger partial charge in [0.15, 0.2) is 0 Å². The number of hydrogen-bond acceptors (Lipinski definition) is 8. The van der Waals surface area contributed by atoms with E-state index in [2.05, 4.69) is 39.5 Å². The smallest absolute Gasteiger partial charge is 0.257 e. The normalized spacial score (nSPS) is 19.7. The number of rotatable bonds is 13. The van der Waals surface area contributed by atoms with Crippen LogP contribution >= 0.6 is 0 Å². The number of pyridine rings is 1. The molecular formula is C38H45N5O5. The molecule has 0 radical (unpaired) electrons. The summed E-state index contributed by atoms with van der Waals surface area (Å²) >= 11 is 0. The van der Waals surface area contributed by atoms with Gasteiger partial charge in [0, 0.05) is 63.9 Å². The fourth-order valence-corrected chi connectivity index (χ4v) is 7.02. The SMILES string of the molecule is COCCN1C[C@@H](CC(=O)Cc2c(C)c(-c3cnc(OC)c(C(=O)N[C@@H]4CCCOC4)c3)nn2-c2ccccc2)[C@H](c2ccccc2)C1. The van der Waals surface area contributed by atoms with Gasteiger partial charge in [0.05, 0.1) is 43.4 Å². The second kappa shape index (κ2) is 15.7. The number of nitrogens with one attached hydrogen (secondary N) is 1. The van der Waals surface area contributed by atoms with Crippen LogP contribution in [0.25, 0.3) is 16.9 Å². The molecule has 0 aliphatic carbocycles. The maximum atomic E-state index is 14.0. The Balaban J connectivity index is 1.28. The van der Waals surface area contributed by atoms with Gasteiger partial charge in [0.2, 0.25) is 5.88 Å². The Morgan fingerprint density at radius 2 is 1.81 bits per heavy atom. The molecule has 2 aliphatic rings. The van der Waals surface area contributed by atoms with Crippen LogP contribution in [0.5, 0.6) is 5.88 Å². The molecule has 0 spiro atoms. The quantitative estimate of drug-likeness (QED) is 0.215. The molecule has 1 amide bonds. The first-order chi connectivity index (χ1) is 23.4. The van der Waals surface area contributed by atoms with Gasteiger partial charge < -0.3 is 24.4 Å². The number of Topliss-reactive ketones (excluding diaryl/α,β-unsaturated/α-hetero) is 1. The topological polar surface area (TPSA) is 108 Å². The van der Waals surface area contributed by atoms with Crippen molar-refractivity contribution in [3.63, 3.8) is 0 Å². The van der Waals surface area contributed by atoms with E-state index in [1.54, 1.807) is 19.4 Å². The fraction of sp³-hybridized carbons (Fsp3) is 0.421. The lowest BCUT2D eigenvalue weighted by atomic mass is 9.85. The van der Waals surface area contributed by atoms with Crippen molar-refractivity contribution >= 4 is 11.7 Å². The molecule has 2 aliphatic heterocycles.